The standard InChI is InChI=1S/C19H17FN6O/c20-14-3-1-2-12-11(14)4-5-15(12)25-16-8-17(24-9-13(16)19(21)27)26-18-10-22-6-7-23-18/h1-3,6-10,15H,4-5H2,(H2,21,27)(H2,23,24,25,26). The highest BCUT2D eigenvalue weighted by molar-refractivity contribution is 5.98. The zero-order valence-electron chi connectivity index (χ0n) is 14.3. The van der Waals surface area contributed by atoms with Crippen LogP contribution in [-0.2, 0) is 6.42 Å². The summed E-state index contributed by atoms with van der Waals surface area (Å²) in [5, 5.41) is 6.34. The van der Waals surface area contributed by atoms with Gasteiger partial charge in [-0.3, -0.25) is 9.78 Å². The van der Waals surface area contributed by atoms with E-state index >= 15 is 0 Å². The molecular formula is C19H17FN6O. The van der Waals surface area contributed by atoms with Crippen LogP contribution in [0.15, 0.2) is 49.1 Å². The summed E-state index contributed by atoms with van der Waals surface area (Å²) in [6.45, 7) is 0. The fourth-order valence-corrected chi connectivity index (χ4v) is 3.28. The Bertz CT molecular complexity index is 995. The predicted molar refractivity (Wildman–Crippen MR) is 99.2 cm³/mol. The molecule has 4 rings (SSSR count). The topological polar surface area (TPSA) is 106 Å². The van der Waals surface area contributed by atoms with Gasteiger partial charge < -0.3 is 16.4 Å². The largest absolute Gasteiger partial charge is 0.377 e. The van der Waals surface area contributed by atoms with Gasteiger partial charge in [0.25, 0.3) is 5.91 Å². The molecule has 1 atom stereocenters. The molecule has 0 saturated carbocycles. The van der Waals surface area contributed by atoms with Gasteiger partial charge in [-0.2, -0.15) is 0 Å². The Balaban J connectivity index is 1.64. The lowest BCUT2D eigenvalue weighted by atomic mass is 10.1. The molecule has 1 aliphatic carbocycles. The molecule has 0 spiro atoms. The quantitative estimate of drug-likeness (QED) is 0.643. The maximum atomic E-state index is 14.0. The molecule has 136 valence electrons. The lowest BCUT2D eigenvalue weighted by Gasteiger charge is -2.18. The molecule has 7 nitrogen and oxygen atoms in total. The van der Waals surface area contributed by atoms with E-state index in [1.165, 1.54) is 12.3 Å². The third-order valence-corrected chi connectivity index (χ3v) is 4.53. The van der Waals surface area contributed by atoms with E-state index in [4.69, 9.17) is 5.73 Å². The van der Waals surface area contributed by atoms with E-state index in [0.717, 1.165) is 12.0 Å². The highest BCUT2D eigenvalue weighted by atomic mass is 19.1. The number of pyridine rings is 1. The summed E-state index contributed by atoms with van der Waals surface area (Å²) in [6, 6.07) is 6.63. The molecule has 2 heterocycles. The van der Waals surface area contributed by atoms with Gasteiger partial charge in [0.2, 0.25) is 0 Å². The Hall–Kier alpha value is -3.55. The van der Waals surface area contributed by atoms with Crippen molar-refractivity contribution in [1.29, 1.82) is 0 Å². The van der Waals surface area contributed by atoms with Crippen molar-refractivity contribution < 1.29 is 9.18 Å². The zero-order valence-corrected chi connectivity index (χ0v) is 14.3. The second-order valence-corrected chi connectivity index (χ2v) is 6.24. The Morgan fingerprint density at radius 1 is 1.19 bits per heavy atom. The first kappa shape index (κ1) is 16.9. The number of hydrogen-bond acceptors (Lipinski definition) is 6. The van der Waals surface area contributed by atoms with E-state index in [1.807, 2.05) is 6.07 Å². The third-order valence-electron chi connectivity index (χ3n) is 4.53. The van der Waals surface area contributed by atoms with E-state index in [-0.39, 0.29) is 17.4 Å². The van der Waals surface area contributed by atoms with E-state index in [2.05, 4.69) is 25.6 Å². The molecule has 3 aromatic rings. The number of aromatic nitrogens is 3. The summed E-state index contributed by atoms with van der Waals surface area (Å²) < 4.78 is 14.0. The lowest BCUT2D eigenvalue weighted by Crippen LogP contribution is -2.17. The second kappa shape index (κ2) is 6.99. The summed E-state index contributed by atoms with van der Waals surface area (Å²) in [5.74, 6) is 0.219. The number of nitrogens with two attached hydrogens (primary N) is 1. The van der Waals surface area contributed by atoms with Crippen LogP contribution in [0.25, 0.3) is 0 Å². The SMILES string of the molecule is NC(=O)c1cnc(Nc2cnccn2)cc1NC1CCc2c(F)cccc21. The van der Waals surface area contributed by atoms with Crippen molar-refractivity contribution in [2.45, 2.75) is 18.9 Å². The van der Waals surface area contributed by atoms with Crippen LogP contribution in [0.4, 0.5) is 21.7 Å². The Labute approximate surface area is 154 Å². The molecule has 1 aliphatic rings. The monoisotopic (exact) mass is 364 g/mol. The Morgan fingerprint density at radius 3 is 2.85 bits per heavy atom. The molecule has 1 amide bonds. The molecule has 0 bridgehead atoms. The third kappa shape index (κ3) is 3.41. The number of fused-ring (bicyclic) bond motifs is 1. The van der Waals surface area contributed by atoms with E-state index in [0.29, 0.717) is 29.3 Å². The van der Waals surface area contributed by atoms with Gasteiger partial charge in [-0.1, -0.05) is 12.1 Å². The number of primary amides is 1. The number of hydrogen-bond donors (Lipinski definition) is 3. The van der Waals surface area contributed by atoms with Crippen LogP contribution in [0.3, 0.4) is 0 Å². The first-order chi connectivity index (χ1) is 13.1. The number of anilines is 3. The molecule has 0 saturated heterocycles. The van der Waals surface area contributed by atoms with Gasteiger partial charge in [0.15, 0.2) is 0 Å². The van der Waals surface area contributed by atoms with Crippen LogP contribution >= 0.6 is 0 Å². The van der Waals surface area contributed by atoms with Crippen molar-refractivity contribution in [2.24, 2.45) is 5.73 Å². The molecule has 8 heteroatoms. The van der Waals surface area contributed by atoms with Crippen molar-refractivity contribution in [1.82, 2.24) is 15.0 Å². The highest BCUT2D eigenvalue weighted by Crippen LogP contribution is 2.36. The fraction of sp³-hybridized carbons (Fsp3) is 0.158. The van der Waals surface area contributed by atoms with Crippen LogP contribution in [-0.4, -0.2) is 20.9 Å². The predicted octanol–water partition coefficient (Wildman–Crippen LogP) is 2.95. The smallest absolute Gasteiger partial charge is 0.252 e. The number of amides is 1. The van der Waals surface area contributed by atoms with Crippen LogP contribution in [0.1, 0.15) is 33.9 Å². The van der Waals surface area contributed by atoms with Gasteiger partial charge >= 0.3 is 0 Å². The van der Waals surface area contributed by atoms with Crippen LogP contribution in [0.5, 0.6) is 0 Å². The van der Waals surface area contributed by atoms with Gasteiger partial charge in [-0.25, -0.2) is 14.4 Å². The van der Waals surface area contributed by atoms with E-state index < -0.39 is 5.91 Å². The molecule has 1 unspecified atom stereocenters. The van der Waals surface area contributed by atoms with Crippen molar-refractivity contribution in [3.63, 3.8) is 0 Å². The minimum Gasteiger partial charge on any atom is -0.377 e. The lowest BCUT2D eigenvalue weighted by molar-refractivity contribution is 0.100. The van der Waals surface area contributed by atoms with Crippen molar-refractivity contribution >= 4 is 23.2 Å². The average Bonchev–Trinajstić information content (AvgIpc) is 3.07. The fourth-order valence-electron chi connectivity index (χ4n) is 3.28. The summed E-state index contributed by atoms with van der Waals surface area (Å²) in [4.78, 5) is 24.1. The van der Waals surface area contributed by atoms with Gasteiger partial charge in [0.1, 0.15) is 17.5 Å². The second-order valence-electron chi connectivity index (χ2n) is 6.24. The summed E-state index contributed by atoms with van der Waals surface area (Å²) in [7, 11) is 0. The number of carbonyl (C=O) groups is 1. The van der Waals surface area contributed by atoms with Gasteiger partial charge in [-0.05, 0) is 30.0 Å². The van der Waals surface area contributed by atoms with Crippen LogP contribution < -0.4 is 16.4 Å². The summed E-state index contributed by atoms with van der Waals surface area (Å²) >= 11 is 0. The molecule has 0 radical (unpaired) electrons. The minimum atomic E-state index is -0.589. The molecule has 0 fully saturated rings. The molecule has 4 N–H and O–H groups in total. The summed E-state index contributed by atoms with van der Waals surface area (Å²) in [5.41, 5.74) is 7.89. The minimum absolute atomic E-state index is 0.111. The first-order valence-corrected chi connectivity index (χ1v) is 8.48. The van der Waals surface area contributed by atoms with E-state index in [9.17, 15) is 9.18 Å². The number of rotatable bonds is 5. The number of halogens is 1. The maximum absolute atomic E-state index is 14.0. The maximum Gasteiger partial charge on any atom is 0.252 e. The van der Waals surface area contributed by atoms with Crippen LogP contribution in [0.2, 0.25) is 0 Å². The zero-order chi connectivity index (χ0) is 18.8. The molecular weight excluding hydrogens is 347 g/mol. The van der Waals surface area contributed by atoms with Crippen molar-refractivity contribution in [3.8, 4) is 0 Å². The number of nitrogens with one attached hydrogen (secondary N) is 2. The number of benzene rings is 1. The summed E-state index contributed by atoms with van der Waals surface area (Å²) in [6.07, 6.45) is 7.46. The number of nitrogens with zero attached hydrogens (tertiary/aromatic N) is 3. The van der Waals surface area contributed by atoms with Gasteiger partial charge in [0.05, 0.1) is 23.5 Å². The van der Waals surface area contributed by atoms with Gasteiger partial charge in [0, 0.05) is 24.7 Å². The number of carbonyl (C=O) groups excluding carboxylic acids is 1. The van der Waals surface area contributed by atoms with Crippen molar-refractivity contribution in [2.75, 3.05) is 10.6 Å². The highest BCUT2D eigenvalue weighted by Gasteiger charge is 2.26. The Kier molecular flexibility index (Phi) is 4.37. The van der Waals surface area contributed by atoms with E-state index in [1.54, 1.807) is 30.7 Å². The molecule has 2 aromatic heterocycles. The molecule has 27 heavy (non-hydrogen) atoms. The Morgan fingerprint density at radius 2 is 2.07 bits per heavy atom. The molecule has 0 aliphatic heterocycles. The first-order valence-electron chi connectivity index (χ1n) is 8.48. The van der Waals surface area contributed by atoms with Gasteiger partial charge in [-0.15, -0.1) is 0 Å². The molecule has 1 aromatic carbocycles. The average molecular weight is 364 g/mol. The normalized spacial score (nSPS) is 15.2. The van der Waals surface area contributed by atoms with Crippen LogP contribution in [0, 0.1) is 5.82 Å². The van der Waals surface area contributed by atoms with Crippen molar-refractivity contribution in [3.05, 3.63) is 71.6 Å².